The van der Waals surface area contributed by atoms with Gasteiger partial charge in [-0.15, -0.1) is 0 Å². The molecule has 0 aliphatic carbocycles. The molecule has 0 saturated carbocycles. The van der Waals surface area contributed by atoms with Crippen molar-refractivity contribution in [1.82, 2.24) is 5.32 Å². The second-order valence-corrected chi connectivity index (χ2v) is 7.56. The number of amides is 1. The summed E-state index contributed by atoms with van der Waals surface area (Å²) in [7, 11) is 0. The zero-order valence-electron chi connectivity index (χ0n) is 19.4. The maximum atomic E-state index is 13.1. The summed E-state index contributed by atoms with van der Waals surface area (Å²) < 4.78 is 15.2. The molecule has 0 aromatic heterocycles. The molecule has 0 spiro atoms. The first-order chi connectivity index (χ1) is 16.5. The van der Waals surface area contributed by atoms with Crippen molar-refractivity contribution in [2.75, 3.05) is 25.1 Å². The summed E-state index contributed by atoms with van der Waals surface area (Å²) in [6.45, 7) is 5.40. The molecule has 1 amide bonds. The van der Waals surface area contributed by atoms with Crippen LogP contribution in [0.3, 0.4) is 0 Å². The molecular formula is C22H24ClN3O9. The summed E-state index contributed by atoms with van der Waals surface area (Å²) >= 11 is 5.96. The summed E-state index contributed by atoms with van der Waals surface area (Å²) in [4.78, 5) is 60.9. The number of halogens is 1. The third-order valence-electron chi connectivity index (χ3n) is 4.77. The molecule has 0 unspecified atom stereocenters. The summed E-state index contributed by atoms with van der Waals surface area (Å²) in [5.74, 6) is -5.13. The molecule has 0 bridgehead atoms. The highest BCUT2D eigenvalue weighted by Crippen LogP contribution is 2.33. The molecule has 35 heavy (non-hydrogen) atoms. The van der Waals surface area contributed by atoms with Crippen LogP contribution >= 0.6 is 11.6 Å². The molecule has 0 atom stereocenters. The number of allylic oxidation sites excluding steroid dienone is 2. The Labute approximate surface area is 205 Å². The van der Waals surface area contributed by atoms with Gasteiger partial charge in [0.1, 0.15) is 5.92 Å². The summed E-state index contributed by atoms with van der Waals surface area (Å²) in [5.41, 5.74) is -0.154. The third kappa shape index (κ3) is 6.57. The van der Waals surface area contributed by atoms with E-state index in [0.717, 1.165) is 12.1 Å². The molecule has 0 radical (unpaired) electrons. The quantitative estimate of drug-likeness (QED) is 0.219. The van der Waals surface area contributed by atoms with E-state index in [1.165, 1.54) is 19.9 Å². The number of carbonyl (C=O) groups is 4. The minimum atomic E-state index is -1.51. The van der Waals surface area contributed by atoms with E-state index in [0.29, 0.717) is 0 Å². The van der Waals surface area contributed by atoms with Crippen molar-refractivity contribution in [3.8, 4) is 0 Å². The highest BCUT2D eigenvalue weighted by atomic mass is 35.5. The number of esters is 3. The average Bonchev–Trinajstić information content (AvgIpc) is 2.78. The maximum absolute atomic E-state index is 13.1. The number of anilines is 1. The van der Waals surface area contributed by atoms with Gasteiger partial charge in [-0.3, -0.25) is 19.7 Å². The van der Waals surface area contributed by atoms with E-state index >= 15 is 0 Å². The Bertz CT molecular complexity index is 1090. The van der Waals surface area contributed by atoms with E-state index in [9.17, 15) is 29.3 Å². The SMILES string of the molecule is CCOC(=O)C1=C(C)NC(C)=C(C(=O)OCC)C1C(=O)OCC(=O)Nc1cc([N+](=O)[O-])ccc1Cl. The molecule has 0 saturated heterocycles. The fourth-order valence-electron chi connectivity index (χ4n) is 3.32. The number of non-ortho nitro benzene ring substituents is 1. The van der Waals surface area contributed by atoms with Gasteiger partial charge < -0.3 is 24.8 Å². The molecule has 1 aliphatic rings. The van der Waals surface area contributed by atoms with Gasteiger partial charge in [-0.05, 0) is 33.8 Å². The number of hydrogen-bond donors (Lipinski definition) is 2. The van der Waals surface area contributed by atoms with E-state index in [1.54, 1.807) is 13.8 Å². The predicted octanol–water partition coefficient (Wildman–Crippen LogP) is 2.62. The van der Waals surface area contributed by atoms with Gasteiger partial charge in [0.25, 0.3) is 11.6 Å². The second kappa shape index (κ2) is 12.0. The summed E-state index contributed by atoms with van der Waals surface area (Å²) in [6, 6.07) is 3.44. The smallest absolute Gasteiger partial charge is 0.337 e. The van der Waals surface area contributed by atoms with Crippen molar-refractivity contribution in [1.29, 1.82) is 0 Å². The van der Waals surface area contributed by atoms with Crippen LogP contribution in [0.4, 0.5) is 11.4 Å². The van der Waals surface area contributed by atoms with Gasteiger partial charge in [0.05, 0.1) is 40.0 Å². The maximum Gasteiger partial charge on any atom is 0.337 e. The first-order valence-electron chi connectivity index (χ1n) is 10.4. The first kappa shape index (κ1) is 27.3. The molecule has 2 N–H and O–H groups in total. The molecule has 1 aliphatic heterocycles. The number of nitrogens with one attached hydrogen (secondary N) is 2. The van der Waals surface area contributed by atoms with Crippen molar-refractivity contribution in [2.45, 2.75) is 27.7 Å². The van der Waals surface area contributed by atoms with E-state index in [4.69, 9.17) is 25.8 Å². The lowest BCUT2D eigenvalue weighted by Crippen LogP contribution is -2.39. The highest BCUT2D eigenvalue weighted by Gasteiger charge is 2.42. The fraction of sp³-hybridized carbons (Fsp3) is 0.364. The lowest BCUT2D eigenvalue weighted by atomic mass is 9.85. The van der Waals surface area contributed by atoms with Gasteiger partial charge in [-0.2, -0.15) is 0 Å². The van der Waals surface area contributed by atoms with Crippen LogP contribution in [0.5, 0.6) is 0 Å². The standard InChI is InChI=1S/C22H24ClN3O9/c1-5-33-20(28)17-11(3)24-12(4)18(21(29)34-6-2)19(17)22(30)35-10-16(27)25-15-9-13(26(31)32)7-8-14(15)23/h7-9,19,24H,5-6,10H2,1-4H3,(H,25,27). The molecule has 0 fully saturated rings. The highest BCUT2D eigenvalue weighted by molar-refractivity contribution is 6.33. The second-order valence-electron chi connectivity index (χ2n) is 7.15. The Morgan fingerprint density at radius 2 is 1.57 bits per heavy atom. The molecule has 1 aromatic rings. The molecule has 1 aromatic carbocycles. The number of dihydropyridines is 1. The van der Waals surface area contributed by atoms with E-state index < -0.39 is 41.3 Å². The van der Waals surface area contributed by atoms with Crippen LogP contribution in [0.2, 0.25) is 5.02 Å². The van der Waals surface area contributed by atoms with Crippen molar-refractivity contribution >= 4 is 46.8 Å². The van der Waals surface area contributed by atoms with Crippen molar-refractivity contribution < 1.29 is 38.3 Å². The Balaban J connectivity index is 2.28. The topological polar surface area (TPSA) is 163 Å². The van der Waals surface area contributed by atoms with Gasteiger partial charge >= 0.3 is 17.9 Å². The number of ether oxygens (including phenoxy) is 3. The minimum Gasteiger partial charge on any atom is -0.463 e. The lowest BCUT2D eigenvalue weighted by Gasteiger charge is -2.28. The molecule has 1 heterocycles. The van der Waals surface area contributed by atoms with Crippen LogP contribution in [-0.4, -0.2) is 48.6 Å². The predicted molar refractivity (Wildman–Crippen MR) is 123 cm³/mol. The number of hydrogen-bond acceptors (Lipinski definition) is 10. The Morgan fingerprint density at radius 3 is 2.06 bits per heavy atom. The summed E-state index contributed by atoms with van der Waals surface area (Å²) in [6.07, 6.45) is 0. The van der Waals surface area contributed by atoms with Crippen LogP contribution in [-0.2, 0) is 33.4 Å². The zero-order valence-corrected chi connectivity index (χ0v) is 20.2. The van der Waals surface area contributed by atoms with Crippen LogP contribution in [0.1, 0.15) is 27.7 Å². The largest absolute Gasteiger partial charge is 0.463 e. The third-order valence-corrected chi connectivity index (χ3v) is 5.10. The monoisotopic (exact) mass is 509 g/mol. The van der Waals surface area contributed by atoms with Crippen LogP contribution in [0.25, 0.3) is 0 Å². The molecule has 2 rings (SSSR count). The number of nitro groups is 1. The molecular weight excluding hydrogens is 486 g/mol. The van der Waals surface area contributed by atoms with Crippen molar-refractivity contribution in [2.24, 2.45) is 5.92 Å². The molecule has 13 heteroatoms. The zero-order chi connectivity index (χ0) is 26.3. The van der Waals surface area contributed by atoms with Crippen LogP contribution in [0, 0.1) is 16.0 Å². The van der Waals surface area contributed by atoms with Gasteiger partial charge in [-0.1, -0.05) is 11.6 Å². The van der Waals surface area contributed by atoms with Crippen molar-refractivity contribution in [3.63, 3.8) is 0 Å². The molecule has 12 nitrogen and oxygen atoms in total. The van der Waals surface area contributed by atoms with E-state index in [2.05, 4.69) is 10.6 Å². The Morgan fingerprint density at radius 1 is 1.03 bits per heavy atom. The lowest BCUT2D eigenvalue weighted by molar-refractivity contribution is -0.384. The van der Waals surface area contributed by atoms with E-state index in [-0.39, 0.29) is 52.2 Å². The Hall–Kier alpha value is -3.93. The van der Waals surface area contributed by atoms with Crippen LogP contribution in [0.15, 0.2) is 40.7 Å². The normalized spacial score (nSPS) is 13.6. The van der Waals surface area contributed by atoms with Crippen molar-refractivity contribution in [3.05, 3.63) is 55.9 Å². The number of benzene rings is 1. The van der Waals surface area contributed by atoms with Gasteiger partial charge in [0, 0.05) is 23.5 Å². The summed E-state index contributed by atoms with van der Waals surface area (Å²) in [5, 5.41) is 16.2. The van der Waals surface area contributed by atoms with Crippen LogP contribution < -0.4 is 10.6 Å². The molecule has 188 valence electrons. The average molecular weight is 510 g/mol. The minimum absolute atomic E-state index is 0.0151. The van der Waals surface area contributed by atoms with Gasteiger partial charge in [0.2, 0.25) is 0 Å². The number of nitro benzene ring substituents is 1. The van der Waals surface area contributed by atoms with Gasteiger partial charge in [0.15, 0.2) is 6.61 Å². The first-order valence-corrected chi connectivity index (χ1v) is 10.8. The number of rotatable bonds is 9. The number of nitrogens with zero attached hydrogens (tertiary/aromatic N) is 1. The van der Waals surface area contributed by atoms with E-state index in [1.807, 2.05) is 0 Å². The fourth-order valence-corrected chi connectivity index (χ4v) is 3.48. The van der Waals surface area contributed by atoms with Gasteiger partial charge in [-0.25, -0.2) is 9.59 Å². The Kier molecular flexibility index (Phi) is 9.34. The number of carbonyl (C=O) groups excluding carboxylic acids is 4.